The minimum absolute atomic E-state index is 0.515. The molecule has 0 N–H and O–H groups in total. The van der Waals surface area contributed by atoms with Crippen LogP contribution in [0.5, 0.6) is 0 Å². The van der Waals surface area contributed by atoms with Crippen molar-refractivity contribution < 1.29 is 13.2 Å². The quantitative estimate of drug-likeness (QED) is 0.478. The van der Waals surface area contributed by atoms with E-state index < -0.39 is 17.8 Å². The molecule has 0 aromatic heterocycles. The lowest BCUT2D eigenvalue weighted by atomic mass is 9.68. The topological polar surface area (TPSA) is 0 Å². The highest BCUT2D eigenvalue weighted by atomic mass is 19.3. The van der Waals surface area contributed by atoms with Crippen LogP contribution < -0.4 is 0 Å². The van der Waals surface area contributed by atoms with Crippen molar-refractivity contribution in [2.45, 2.75) is 71.1 Å². The lowest BCUT2D eigenvalue weighted by molar-refractivity contribution is 0.143. The summed E-state index contributed by atoms with van der Waals surface area (Å²) < 4.78 is 38.0. The van der Waals surface area contributed by atoms with Gasteiger partial charge in [-0.25, -0.2) is 4.39 Å². The van der Waals surface area contributed by atoms with Gasteiger partial charge >= 0.3 is 6.08 Å². The third-order valence-corrected chi connectivity index (χ3v) is 5.85. The van der Waals surface area contributed by atoms with Crippen LogP contribution in [-0.2, 0) is 0 Å². The fourth-order valence-corrected chi connectivity index (χ4v) is 4.45. The van der Waals surface area contributed by atoms with Gasteiger partial charge in [0.15, 0.2) is 5.83 Å². The second-order valence-electron chi connectivity index (χ2n) is 7.15. The molecule has 0 amide bonds. The zero-order chi connectivity index (χ0) is 15.9. The minimum atomic E-state index is -2.11. The maximum Gasteiger partial charge on any atom is 0.301 e. The SMILES string of the molecule is C/C=C/CCC1CCC(C2CCC(C(F)=C(F)F)CC2)CC1. The molecule has 2 fully saturated rings. The van der Waals surface area contributed by atoms with Crippen molar-refractivity contribution in [2.75, 3.05) is 0 Å². The van der Waals surface area contributed by atoms with E-state index in [0.717, 1.165) is 24.7 Å². The summed E-state index contributed by atoms with van der Waals surface area (Å²) in [5.41, 5.74) is 0. The molecular weight excluding hydrogens is 285 g/mol. The maximum absolute atomic E-state index is 13.3. The van der Waals surface area contributed by atoms with Crippen molar-refractivity contribution in [3.63, 3.8) is 0 Å². The highest BCUT2D eigenvalue weighted by Gasteiger charge is 2.32. The molecular formula is C19H29F3. The van der Waals surface area contributed by atoms with E-state index in [1.165, 1.54) is 38.5 Å². The summed E-state index contributed by atoms with van der Waals surface area (Å²) in [5.74, 6) is 0.596. The Morgan fingerprint density at radius 1 is 0.864 bits per heavy atom. The van der Waals surface area contributed by atoms with Gasteiger partial charge in [0.05, 0.1) is 0 Å². The predicted octanol–water partition coefficient (Wildman–Crippen LogP) is 7.03. The molecule has 2 rings (SSSR count). The van der Waals surface area contributed by atoms with Crippen LogP contribution in [0.4, 0.5) is 13.2 Å². The minimum Gasteiger partial charge on any atom is -0.206 e. The van der Waals surface area contributed by atoms with Crippen molar-refractivity contribution in [1.82, 2.24) is 0 Å². The molecule has 0 radical (unpaired) electrons. The average molecular weight is 314 g/mol. The van der Waals surface area contributed by atoms with E-state index in [2.05, 4.69) is 19.1 Å². The number of hydrogen-bond donors (Lipinski definition) is 0. The summed E-state index contributed by atoms with van der Waals surface area (Å²) in [6.07, 6.45) is 13.0. The largest absolute Gasteiger partial charge is 0.301 e. The van der Waals surface area contributed by atoms with E-state index in [-0.39, 0.29) is 0 Å². The first-order valence-corrected chi connectivity index (χ1v) is 8.93. The molecule has 3 heteroatoms. The molecule has 0 aromatic rings. The Morgan fingerprint density at radius 2 is 1.41 bits per heavy atom. The van der Waals surface area contributed by atoms with Gasteiger partial charge in [0, 0.05) is 5.92 Å². The second-order valence-corrected chi connectivity index (χ2v) is 7.15. The Hall–Kier alpha value is -0.730. The second kappa shape index (κ2) is 8.79. The number of allylic oxidation sites excluding steroid dienone is 3. The van der Waals surface area contributed by atoms with E-state index >= 15 is 0 Å². The van der Waals surface area contributed by atoms with E-state index in [0.29, 0.717) is 18.8 Å². The number of rotatable bonds is 5. The van der Waals surface area contributed by atoms with Gasteiger partial charge in [0.1, 0.15) is 0 Å². The molecule has 22 heavy (non-hydrogen) atoms. The van der Waals surface area contributed by atoms with E-state index in [9.17, 15) is 13.2 Å². The highest BCUT2D eigenvalue weighted by molar-refractivity contribution is 5.00. The molecule has 0 atom stereocenters. The van der Waals surface area contributed by atoms with Crippen molar-refractivity contribution in [3.8, 4) is 0 Å². The lowest BCUT2D eigenvalue weighted by Crippen LogP contribution is -2.26. The molecule has 2 saturated carbocycles. The summed E-state index contributed by atoms with van der Waals surface area (Å²) >= 11 is 0. The first-order chi connectivity index (χ1) is 10.6. The first kappa shape index (κ1) is 17.6. The Morgan fingerprint density at radius 3 is 1.91 bits per heavy atom. The maximum atomic E-state index is 13.3. The van der Waals surface area contributed by atoms with Crippen LogP contribution in [0.3, 0.4) is 0 Å². The van der Waals surface area contributed by atoms with Gasteiger partial charge in [-0.3, -0.25) is 0 Å². The smallest absolute Gasteiger partial charge is 0.206 e. The fraction of sp³-hybridized carbons (Fsp3) is 0.789. The Kier molecular flexibility index (Phi) is 7.04. The molecule has 0 aromatic carbocycles. The molecule has 0 aliphatic heterocycles. The van der Waals surface area contributed by atoms with Gasteiger partial charge in [0.25, 0.3) is 0 Å². The highest BCUT2D eigenvalue weighted by Crippen LogP contribution is 2.44. The monoisotopic (exact) mass is 314 g/mol. The third-order valence-electron chi connectivity index (χ3n) is 5.85. The summed E-state index contributed by atoms with van der Waals surface area (Å²) in [6, 6.07) is 0. The third kappa shape index (κ3) is 4.89. The molecule has 0 spiro atoms. The van der Waals surface area contributed by atoms with Crippen molar-refractivity contribution >= 4 is 0 Å². The average Bonchev–Trinajstić information content (AvgIpc) is 2.55. The van der Waals surface area contributed by atoms with Crippen LogP contribution in [0.1, 0.15) is 71.1 Å². The van der Waals surface area contributed by atoms with Gasteiger partial charge in [0.2, 0.25) is 0 Å². The van der Waals surface area contributed by atoms with Gasteiger partial charge in [-0.15, -0.1) is 0 Å². The number of hydrogen-bond acceptors (Lipinski definition) is 0. The van der Waals surface area contributed by atoms with E-state index in [1.54, 1.807) is 0 Å². The summed E-state index contributed by atoms with van der Waals surface area (Å²) in [7, 11) is 0. The zero-order valence-electron chi connectivity index (χ0n) is 13.7. The normalized spacial score (nSPS) is 33.1. The van der Waals surface area contributed by atoms with E-state index in [4.69, 9.17) is 0 Å². The van der Waals surface area contributed by atoms with Crippen molar-refractivity contribution in [3.05, 3.63) is 24.1 Å². The lowest BCUT2D eigenvalue weighted by Gasteiger charge is -2.37. The summed E-state index contributed by atoms with van der Waals surface area (Å²) in [6.45, 7) is 2.07. The molecule has 0 unspecified atom stereocenters. The molecule has 126 valence electrons. The fourth-order valence-electron chi connectivity index (χ4n) is 4.45. The van der Waals surface area contributed by atoms with Crippen LogP contribution in [0.25, 0.3) is 0 Å². The summed E-state index contributed by atoms with van der Waals surface area (Å²) in [4.78, 5) is 0. The molecule has 0 heterocycles. The van der Waals surface area contributed by atoms with Crippen LogP contribution >= 0.6 is 0 Å². The van der Waals surface area contributed by atoms with Crippen molar-refractivity contribution in [2.24, 2.45) is 23.7 Å². The molecule has 2 aliphatic carbocycles. The molecule has 2 aliphatic rings. The van der Waals surface area contributed by atoms with Gasteiger partial charge < -0.3 is 0 Å². The predicted molar refractivity (Wildman–Crippen MR) is 85.3 cm³/mol. The van der Waals surface area contributed by atoms with E-state index in [1.807, 2.05) is 0 Å². The van der Waals surface area contributed by atoms with Gasteiger partial charge in [-0.2, -0.15) is 8.78 Å². The molecule has 0 bridgehead atoms. The van der Waals surface area contributed by atoms with Gasteiger partial charge in [-0.05, 0) is 76.0 Å². The Bertz CT molecular complexity index is 379. The van der Waals surface area contributed by atoms with Crippen molar-refractivity contribution in [1.29, 1.82) is 0 Å². The standard InChI is InChI=1S/C19H29F3/c1-2-3-4-5-14-6-8-15(9-7-14)16-10-12-17(13-11-16)18(20)19(21)22/h2-3,14-17H,4-13H2,1H3/b3-2+. The first-order valence-electron chi connectivity index (χ1n) is 8.93. The Balaban J connectivity index is 1.71. The van der Waals surface area contributed by atoms with Crippen LogP contribution in [0, 0.1) is 23.7 Å². The summed E-state index contributed by atoms with van der Waals surface area (Å²) in [5, 5.41) is 0. The van der Waals surface area contributed by atoms with Crippen LogP contribution in [0.2, 0.25) is 0 Å². The van der Waals surface area contributed by atoms with Crippen LogP contribution in [-0.4, -0.2) is 0 Å². The van der Waals surface area contributed by atoms with Gasteiger partial charge in [-0.1, -0.05) is 25.0 Å². The zero-order valence-corrected chi connectivity index (χ0v) is 13.7. The Labute approximate surface area is 132 Å². The molecule has 0 nitrogen and oxygen atoms in total. The van der Waals surface area contributed by atoms with Crippen LogP contribution in [0.15, 0.2) is 24.1 Å². The number of halogens is 3. The molecule has 0 saturated heterocycles.